The van der Waals surface area contributed by atoms with E-state index in [1.165, 1.54) is 11.8 Å². The lowest BCUT2D eigenvalue weighted by Gasteiger charge is -2.30. The van der Waals surface area contributed by atoms with Crippen molar-refractivity contribution in [1.82, 2.24) is 10.2 Å². The number of thioether (sulfide) groups is 1. The van der Waals surface area contributed by atoms with Crippen LogP contribution in [0.15, 0.2) is 59.5 Å². The average Bonchev–Trinajstić information content (AvgIpc) is 2.78. The summed E-state index contributed by atoms with van der Waals surface area (Å²) in [6.07, 6.45) is 2.50. The number of carbonyl (C=O) groups excluding carboxylic acids is 2. The maximum absolute atomic E-state index is 13.2. The van der Waals surface area contributed by atoms with E-state index in [-0.39, 0.29) is 17.6 Å². The van der Waals surface area contributed by atoms with Gasteiger partial charge in [-0.2, -0.15) is 0 Å². The summed E-state index contributed by atoms with van der Waals surface area (Å²) in [5.74, 6) is 0.877. The number of methoxy groups -OCH3 is 1. The van der Waals surface area contributed by atoms with Gasteiger partial charge in [0.05, 0.1) is 12.9 Å². The minimum atomic E-state index is -0.503. The first kappa shape index (κ1) is 23.8. The molecule has 0 aliphatic rings. The van der Waals surface area contributed by atoms with E-state index in [4.69, 9.17) is 4.74 Å². The van der Waals surface area contributed by atoms with Crippen molar-refractivity contribution >= 4 is 23.6 Å². The average molecular weight is 429 g/mol. The van der Waals surface area contributed by atoms with Crippen molar-refractivity contribution in [2.75, 3.05) is 19.4 Å². The zero-order chi connectivity index (χ0) is 21.8. The molecule has 162 valence electrons. The van der Waals surface area contributed by atoms with Crippen LogP contribution in [0.5, 0.6) is 5.75 Å². The molecule has 0 spiro atoms. The van der Waals surface area contributed by atoms with Gasteiger partial charge in [0.2, 0.25) is 11.8 Å². The van der Waals surface area contributed by atoms with Crippen LogP contribution in [-0.2, 0) is 16.1 Å². The number of hydrogen-bond acceptors (Lipinski definition) is 4. The van der Waals surface area contributed by atoms with Crippen molar-refractivity contribution in [2.24, 2.45) is 0 Å². The van der Waals surface area contributed by atoms with Gasteiger partial charge < -0.3 is 15.0 Å². The van der Waals surface area contributed by atoms with Gasteiger partial charge in [-0.05, 0) is 42.7 Å². The number of rotatable bonds is 12. The molecule has 0 radical (unpaired) electrons. The Morgan fingerprint density at radius 3 is 2.53 bits per heavy atom. The zero-order valence-corrected chi connectivity index (χ0v) is 18.9. The molecule has 2 rings (SSSR count). The highest BCUT2D eigenvalue weighted by molar-refractivity contribution is 8.00. The van der Waals surface area contributed by atoms with Crippen LogP contribution >= 0.6 is 11.8 Å². The fourth-order valence-corrected chi connectivity index (χ4v) is 3.94. The molecule has 6 heteroatoms. The second kappa shape index (κ2) is 13.0. The van der Waals surface area contributed by atoms with E-state index >= 15 is 0 Å². The molecule has 5 nitrogen and oxygen atoms in total. The van der Waals surface area contributed by atoms with E-state index in [9.17, 15) is 9.59 Å². The second-order valence-electron chi connectivity index (χ2n) is 7.04. The van der Waals surface area contributed by atoms with E-state index in [0.29, 0.717) is 19.5 Å². The van der Waals surface area contributed by atoms with Crippen LogP contribution in [0.4, 0.5) is 0 Å². The Balaban J connectivity index is 2.18. The molecule has 0 unspecified atom stereocenters. The van der Waals surface area contributed by atoms with E-state index in [0.717, 1.165) is 29.1 Å². The molecule has 0 bridgehead atoms. The third-order valence-corrected chi connectivity index (χ3v) is 5.80. The number of ether oxygens (including phenoxy) is 1. The Morgan fingerprint density at radius 2 is 1.87 bits per heavy atom. The summed E-state index contributed by atoms with van der Waals surface area (Å²) in [5.41, 5.74) is 0.937. The van der Waals surface area contributed by atoms with Crippen molar-refractivity contribution in [3.05, 3.63) is 60.2 Å². The first-order chi connectivity index (χ1) is 14.6. The predicted octanol–water partition coefficient (Wildman–Crippen LogP) is 4.51. The molecule has 0 aliphatic heterocycles. The molecule has 0 aromatic heterocycles. The minimum absolute atomic E-state index is 0.0517. The molecule has 0 aliphatic carbocycles. The minimum Gasteiger partial charge on any atom is -0.497 e. The molecule has 2 aromatic rings. The van der Waals surface area contributed by atoms with Crippen molar-refractivity contribution < 1.29 is 14.3 Å². The molecule has 2 aromatic carbocycles. The number of benzene rings is 2. The van der Waals surface area contributed by atoms with Gasteiger partial charge in [-0.1, -0.05) is 50.6 Å². The van der Waals surface area contributed by atoms with Gasteiger partial charge in [0.25, 0.3) is 0 Å². The van der Waals surface area contributed by atoms with Gasteiger partial charge in [-0.3, -0.25) is 9.59 Å². The Labute approximate surface area is 184 Å². The standard InChI is InChI=1S/C24H32N2O3S/c1-4-6-15-25-24(28)22(5-2)26(17-19-11-10-12-20(16-19)29-3)23(27)18-30-21-13-8-7-9-14-21/h7-14,16,22H,4-6,15,17-18H2,1-3H3,(H,25,28)/t22-/m0/s1. The molecule has 1 N–H and O–H groups in total. The highest BCUT2D eigenvalue weighted by Gasteiger charge is 2.28. The van der Waals surface area contributed by atoms with Crippen molar-refractivity contribution in [3.8, 4) is 5.75 Å². The van der Waals surface area contributed by atoms with E-state index in [2.05, 4.69) is 12.2 Å². The summed E-state index contributed by atoms with van der Waals surface area (Å²) in [6, 6.07) is 17.0. The molecule has 0 fully saturated rings. The summed E-state index contributed by atoms with van der Waals surface area (Å²) in [7, 11) is 1.62. The van der Waals surface area contributed by atoms with Gasteiger partial charge in [-0.15, -0.1) is 11.8 Å². The quantitative estimate of drug-likeness (QED) is 0.399. The summed E-state index contributed by atoms with van der Waals surface area (Å²) < 4.78 is 5.32. The molecular formula is C24H32N2O3S. The van der Waals surface area contributed by atoms with Crippen molar-refractivity contribution in [1.29, 1.82) is 0 Å². The first-order valence-corrected chi connectivity index (χ1v) is 11.5. The number of unbranched alkanes of at least 4 members (excludes halogenated alkanes) is 1. The van der Waals surface area contributed by atoms with Gasteiger partial charge in [-0.25, -0.2) is 0 Å². The van der Waals surface area contributed by atoms with E-state index < -0.39 is 6.04 Å². The Hall–Kier alpha value is -2.47. The Bertz CT molecular complexity index is 798. The highest BCUT2D eigenvalue weighted by Crippen LogP contribution is 2.21. The van der Waals surface area contributed by atoms with Crippen LogP contribution in [0.3, 0.4) is 0 Å². The monoisotopic (exact) mass is 428 g/mol. The molecule has 0 heterocycles. The molecule has 0 saturated heterocycles. The molecule has 2 amide bonds. The number of hydrogen-bond donors (Lipinski definition) is 1. The van der Waals surface area contributed by atoms with Crippen LogP contribution in [0.25, 0.3) is 0 Å². The van der Waals surface area contributed by atoms with E-state index in [1.54, 1.807) is 12.0 Å². The fraction of sp³-hybridized carbons (Fsp3) is 0.417. The maximum Gasteiger partial charge on any atom is 0.242 e. The summed E-state index contributed by atoms with van der Waals surface area (Å²) in [5, 5.41) is 2.99. The fourth-order valence-electron chi connectivity index (χ4n) is 3.14. The Morgan fingerprint density at radius 1 is 1.10 bits per heavy atom. The summed E-state index contributed by atoms with van der Waals surface area (Å²) in [6.45, 7) is 5.03. The topological polar surface area (TPSA) is 58.6 Å². The SMILES string of the molecule is CCCCNC(=O)[C@H](CC)N(Cc1cccc(OC)c1)C(=O)CSc1ccccc1. The van der Waals surface area contributed by atoms with Gasteiger partial charge in [0.15, 0.2) is 0 Å². The van der Waals surface area contributed by atoms with Crippen LogP contribution in [0.2, 0.25) is 0 Å². The van der Waals surface area contributed by atoms with Crippen LogP contribution in [-0.4, -0.2) is 42.2 Å². The van der Waals surface area contributed by atoms with Crippen LogP contribution < -0.4 is 10.1 Å². The van der Waals surface area contributed by atoms with Crippen LogP contribution in [0.1, 0.15) is 38.7 Å². The third-order valence-electron chi connectivity index (χ3n) is 4.81. The summed E-state index contributed by atoms with van der Waals surface area (Å²) in [4.78, 5) is 28.8. The largest absolute Gasteiger partial charge is 0.497 e. The first-order valence-electron chi connectivity index (χ1n) is 10.5. The maximum atomic E-state index is 13.2. The molecule has 30 heavy (non-hydrogen) atoms. The normalized spacial score (nSPS) is 11.6. The van der Waals surface area contributed by atoms with Gasteiger partial charge >= 0.3 is 0 Å². The number of amides is 2. The van der Waals surface area contributed by atoms with Gasteiger partial charge in [0, 0.05) is 18.0 Å². The number of nitrogens with one attached hydrogen (secondary N) is 1. The van der Waals surface area contributed by atoms with Gasteiger partial charge in [0.1, 0.15) is 11.8 Å². The zero-order valence-electron chi connectivity index (χ0n) is 18.1. The third kappa shape index (κ3) is 7.41. The number of carbonyl (C=O) groups is 2. The lowest BCUT2D eigenvalue weighted by atomic mass is 10.1. The molecule has 0 saturated carbocycles. The van der Waals surface area contributed by atoms with Crippen molar-refractivity contribution in [3.63, 3.8) is 0 Å². The summed E-state index contributed by atoms with van der Waals surface area (Å²) >= 11 is 1.49. The number of nitrogens with zero attached hydrogens (tertiary/aromatic N) is 1. The molecule has 1 atom stereocenters. The highest BCUT2D eigenvalue weighted by atomic mass is 32.2. The van der Waals surface area contributed by atoms with Crippen LogP contribution in [0, 0.1) is 0 Å². The van der Waals surface area contributed by atoms with Crippen molar-refractivity contribution in [2.45, 2.75) is 50.6 Å². The predicted molar refractivity (Wildman–Crippen MR) is 123 cm³/mol. The lowest BCUT2D eigenvalue weighted by Crippen LogP contribution is -2.49. The lowest BCUT2D eigenvalue weighted by molar-refractivity contribution is -0.139. The molecular weight excluding hydrogens is 396 g/mol. The van der Waals surface area contributed by atoms with E-state index in [1.807, 2.05) is 61.5 Å². The smallest absolute Gasteiger partial charge is 0.242 e. The second-order valence-corrected chi connectivity index (χ2v) is 8.09. The Kier molecular flexibility index (Phi) is 10.3.